The summed E-state index contributed by atoms with van der Waals surface area (Å²) in [5.74, 6) is -0.188. The van der Waals surface area contributed by atoms with Crippen LogP contribution in [0.15, 0.2) is 0 Å². The Bertz CT molecular complexity index is 224. The maximum Gasteiger partial charge on any atom is 0.0855 e. The molecule has 0 aromatic heterocycles. The Morgan fingerprint density at radius 1 is 1.00 bits per heavy atom. The number of fused-ring (bicyclic) bond motifs is 1. The number of nitrogens with zero attached hydrogens (tertiary/aromatic N) is 2. The van der Waals surface area contributed by atoms with Gasteiger partial charge in [0.2, 0.25) is 0 Å². The fourth-order valence-electron chi connectivity index (χ4n) is 1.71. The van der Waals surface area contributed by atoms with Gasteiger partial charge in [0, 0.05) is 0 Å². The lowest BCUT2D eigenvalue weighted by Crippen LogP contribution is -2.21. The zero-order valence-corrected chi connectivity index (χ0v) is 6.03. The second-order valence-corrected chi connectivity index (χ2v) is 3.16. The third-order valence-corrected chi connectivity index (χ3v) is 2.48. The molecule has 0 aromatic carbocycles. The highest BCUT2D eigenvalue weighted by Gasteiger charge is 2.48. The van der Waals surface area contributed by atoms with Gasteiger partial charge >= 0.3 is 0 Å². The predicted octanol–water partition coefficient (Wildman–Crippen LogP) is 0.827. The first kappa shape index (κ1) is 6.64. The van der Waals surface area contributed by atoms with Crippen LogP contribution in [0.3, 0.4) is 0 Å². The van der Waals surface area contributed by atoms with E-state index in [1.807, 2.05) is 0 Å². The standard InChI is InChI=1S/C8H8N2O/c9-3-5-1-7-8(11-7)2-6(5)4-10/h5-8H,1-2H2/t5-,6-,7-,8-/m1/s1. The second kappa shape index (κ2) is 2.22. The van der Waals surface area contributed by atoms with Crippen LogP contribution in [0.25, 0.3) is 0 Å². The van der Waals surface area contributed by atoms with Crippen molar-refractivity contribution in [1.29, 1.82) is 10.5 Å². The van der Waals surface area contributed by atoms with Crippen molar-refractivity contribution >= 4 is 0 Å². The van der Waals surface area contributed by atoms with Crippen molar-refractivity contribution in [1.82, 2.24) is 0 Å². The van der Waals surface area contributed by atoms with Crippen LogP contribution in [0, 0.1) is 34.5 Å². The summed E-state index contributed by atoms with van der Waals surface area (Å²) in [5.41, 5.74) is 0. The Hall–Kier alpha value is -1.06. The summed E-state index contributed by atoms with van der Waals surface area (Å²) in [6, 6.07) is 4.32. The van der Waals surface area contributed by atoms with Gasteiger partial charge < -0.3 is 4.74 Å². The molecule has 0 aromatic rings. The lowest BCUT2D eigenvalue weighted by molar-refractivity contribution is 0.370. The molecule has 0 radical (unpaired) electrons. The van der Waals surface area contributed by atoms with Gasteiger partial charge in [-0.3, -0.25) is 0 Å². The van der Waals surface area contributed by atoms with Crippen LogP contribution in [-0.4, -0.2) is 12.2 Å². The topological polar surface area (TPSA) is 60.1 Å². The Morgan fingerprint density at radius 3 is 1.82 bits per heavy atom. The molecule has 11 heavy (non-hydrogen) atoms. The van der Waals surface area contributed by atoms with Crippen LogP contribution in [0.4, 0.5) is 0 Å². The Kier molecular flexibility index (Phi) is 1.34. The van der Waals surface area contributed by atoms with Gasteiger partial charge in [-0.25, -0.2) is 0 Å². The Morgan fingerprint density at radius 2 is 1.45 bits per heavy atom. The molecule has 2 rings (SSSR count). The largest absolute Gasteiger partial charge is 0.369 e. The van der Waals surface area contributed by atoms with Gasteiger partial charge in [-0.05, 0) is 12.8 Å². The molecular formula is C8H8N2O. The molecule has 0 bridgehead atoms. The molecule has 1 aliphatic heterocycles. The van der Waals surface area contributed by atoms with E-state index >= 15 is 0 Å². The van der Waals surface area contributed by atoms with Crippen molar-refractivity contribution in [3.05, 3.63) is 0 Å². The fourth-order valence-corrected chi connectivity index (χ4v) is 1.71. The van der Waals surface area contributed by atoms with E-state index in [2.05, 4.69) is 12.1 Å². The monoisotopic (exact) mass is 148 g/mol. The quantitative estimate of drug-likeness (QED) is 0.478. The fraction of sp³-hybridized carbons (Fsp3) is 0.750. The van der Waals surface area contributed by atoms with Crippen LogP contribution in [0.5, 0.6) is 0 Å². The van der Waals surface area contributed by atoms with Crippen LogP contribution < -0.4 is 0 Å². The average Bonchev–Trinajstić information content (AvgIpc) is 2.79. The van der Waals surface area contributed by atoms with Crippen LogP contribution >= 0.6 is 0 Å². The van der Waals surface area contributed by atoms with Gasteiger partial charge in [-0.2, -0.15) is 10.5 Å². The minimum absolute atomic E-state index is 0.0938. The molecule has 4 atom stereocenters. The van der Waals surface area contributed by atoms with Crippen molar-refractivity contribution in [2.45, 2.75) is 25.0 Å². The molecule has 1 saturated carbocycles. The molecule has 0 unspecified atom stereocenters. The lowest BCUT2D eigenvalue weighted by Gasteiger charge is -2.16. The number of ether oxygens (including phenoxy) is 1. The molecule has 0 spiro atoms. The molecular weight excluding hydrogens is 140 g/mol. The van der Waals surface area contributed by atoms with E-state index in [9.17, 15) is 0 Å². The highest BCUT2D eigenvalue weighted by molar-refractivity contribution is 5.08. The van der Waals surface area contributed by atoms with Crippen LogP contribution in [-0.2, 0) is 4.74 Å². The maximum atomic E-state index is 8.67. The third-order valence-electron chi connectivity index (χ3n) is 2.48. The molecule has 0 amide bonds. The van der Waals surface area contributed by atoms with Gasteiger partial charge in [0.05, 0.1) is 36.2 Å². The summed E-state index contributed by atoms with van der Waals surface area (Å²) in [6.45, 7) is 0. The Balaban J connectivity index is 2.08. The van der Waals surface area contributed by atoms with Crippen molar-refractivity contribution in [2.24, 2.45) is 11.8 Å². The van der Waals surface area contributed by atoms with Gasteiger partial charge in [-0.15, -0.1) is 0 Å². The van der Waals surface area contributed by atoms with Gasteiger partial charge in [0.25, 0.3) is 0 Å². The summed E-state index contributed by atoms with van der Waals surface area (Å²) in [4.78, 5) is 0. The third kappa shape index (κ3) is 0.982. The second-order valence-electron chi connectivity index (χ2n) is 3.16. The lowest BCUT2D eigenvalue weighted by atomic mass is 9.81. The molecule has 1 saturated heterocycles. The predicted molar refractivity (Wildman–Crippen MR) is 36.1 cm³/mol. The molecule has 2 aliphatic rings. The molecule has 0 N–H and O–H groups in total. The van der Waals surface area contributed by atoms with Crippen molar-refractivity contribution in [2.75, 3.05) is 0 Å². The van der Waals surface area contributed by atoms with Gasteiger partial charge in [0.15, 0.2) is 0 Å². The van der Waals surface area contributed by atoms with E-state index < -0.39 is 0 Å². The smallest absolute Gasteiger partial charge is 0.0855 e. The summed E-state index contributed by atoms with van der Waals surface area (Å²) < 4.78 is 5.24. The van der Waals surface area contributed by atoms with Crippen molar-refractivity contribution in [3.63, 3.8) is 0 Å². The summed E-state index contributed by atoms with van der Waals surface area (Å²) >= 11 is 0. The molecule has 1 aliphatic carbocycles. The number of hydrogen-bond acceptors (Lipinski definition) is 3. The summed E-state index contributed by atoms with van der Waals surface area (Å²) in [7, 11) is 0. The number of rotatable bonds is 0. The summed E-state index contributed by atoms with van der Waals surface area (Å²) in [5, 5.41) is 17.3. The normalized spacial score (nSPS) is 46.7. The van der Waals surface area contributed by atoms with Crippen LogP contribution in [0.1, 0.15) is 12.8 Å². The SMILES string of the molecule is N#C[C@H]1C[C@H]2O[C@@H]2C[C@@H]1C#N. The summed E-state index contributed by atoms with van der Waals surface area (Å²) in [6.07, 6.45) is 2.12. The molecule has 56 valence electrons. The van der Waals surface area contributed by atoms with Crippen molar-refractivity contribution < 1.29 is 4.74 Å². The average molecular weight is 148 g/mol. The maximum absolute atomic E-state index is 8.67. The zero-order chi connectivity index (χ0) is 7.84. The Labute approximate surface area is 65.2 Å². The van der Waals surface area contributed by atoms with Gasteiger partial charge in [0.1, 0.15) is 0 Å². The van der Waals surface area contributed by atoms with E-state index in [0.717, 1.165) is 12.8 Å². The first-order valence-electron chi connectivity index (χ1n) is 3.80. The van der Waals surface area contributed by atoms with E-state index in [-0.39, 0.29) is 11.8 Å². The number of nitriles is 2. The first-order chi connectivity index (χ1) is 5.35. The molecule has 1 heterocycles. The zero-order valence-electron chi connectivity index (χ0n) is 6.03. The first-order valence-corrected chi connectivity index (χ1v) is 3.80. The highest BCUT2D eigenvalue weighted by Crippen LogP contribution is 2.42. The molecule has 2 fully saturated rings. The van der Waals surface area contributed by atoms with E-state index in [4.69, 9.17) is 15.3 Å². The van der Waals surface area contributed by atoms with Crippen LogP contribution in [0.2, 0.25) is 0 Å². The number of hydrogen-bond donors (Lipinski definition) is 0. The minimum atomic E-state index is -0.0938. The number of epoxide rings is 1. The highest BCUT2D eigenvalue weighted by atomic mass is 16.6. The molecule has 3 heteroatoms. The van der Waals surface area contributed by atoms with E-state index in [0.29, 0.717) is 12.2 Å². The van der Waals surface area contributed by atoms with Gasteiger partial charge in [-0.1, -0.05) is 0 Å². The van der Waals surface area contributed by atoms with E-state index in [1.165, 1.54) is 0 Å². The van der Waals surface area contributed by atoms with E-state index in [1.54, 1.807) is 0 Å². The minimum Gasteiger partial charge on any atom is -0.369 e. The molecule has 3 nitrogen and oxygen atoms in total. The van der Waals surface area contributed by atoms with Crippen molar-refractivity contribution in [3.8, 4) is 12.1 Å².